The van der Waals surface area contributed by atoms with Crippen LogP contribution in [0.3, 0.4) is 0 Å². The van der Waals surface area contributed by atoms with E-state index in [2.05, 4.69) is 21.4 Å². The molecule has 7 nitrogen and oxygen atoms in total. The third-order valence-electron chi connectivity index (χ3n) is 6.37. The van der Waals surface area contributed by atoms with Gasteiger partial charge in [-0.1, -0.05) is 51.8 Å². The summed E-state index contributed by atoms with van der Waals surface area (Å²) in [5.74, 6) is -1.25. The van der Waals surface area contributed by atoms with Crippen molar-refractivity contribution in [3.63, 3.8) is 0 Å². The van der Waals surface area contributed by atoms with Crippen LogP contribution in [0.2, 0.25) is 0 Å². The largest absolute Gasteiger partial charge is 0.494 e. The van der Waals surface area contributed by atoms with Gasteiger partial charge in [0, 0.05) is 10.0 Å². The van der Waals surface area contributed by atoms with Gasteiger partial charge in [0.25, 0.3) is 11.8 Å². The van der Waals surface area contributed by atoms with Crippen molar-refractivity contribution in [3.8, 4) is 5.75 Å². The number of hydrogen-bond donors (Lipinski definition) is 1. The number of aryl methyl sites for hydroxylation is 1. The third-order valence-corrected chi connectivity index (χ3v) is 6.86. The van der Waals surface area contributed by atoms with Gasteiger partial charge in [-0.2, -0.15) is 0 Å². The average Bonchev–Trinajstić information content (AvgIpc) is 3.37. The van der Waals surface area contributed by atoms with E-state index in [-0.39, 0.29) is 11.8 Å². The number of carbonyl (C=O) groups excluding carboxylic acids is 3. The van der Waals surface area contributed by atoms with Crippen LogP contribution < -0.4 is 15.1 Å². The van der Waals surface area contributed by atoms with Gasteiger partial charge in [-0.3, -0.25) is 19.4 Å². The highest BCUT2D eigenvalue weighted by Crippen LogP contribution is 2.42. The van der Waals surface area contributed by atoms with Gasteiger partial charge in [0.1, 0.15) is 11.8 Å². The Bertz CT molecular complexity index is 1290. The molecule has 0 aromatic heterocycles. The van der Waals surface area contributed by atoms with Crippen molar-refractivity contribution < 1.29 is 19.1 Å². The monoisotopic (exact) mass is 533 g/mol. The Morgan fingerprint density at radius 3 is 2.37 bits per heavy atom. The summed E-state index contributed by atoms with van der Waals surface area (Å²) in [7, 11) is 0. The number of benzene rings is 3. The molecule has 0 saturated carbocycles. The molecule has 2 aliphatic heterocycles. The summed E-state index contributed by atoms with van der Waals surface area (Å²) in [5.41, 5.74) is 5.97. The number of halogens is 1. The lowest BCUT2D eigenvalue weighted by Crippen LogP contribution is -2.48. The fourth-order valence-electron chi connectivity index (χ4n) is 4.70. The maximum absolute atomic E-state index is 13.7. The van der Waals surface area contributed by atoms with Crippen LogP contribution in [0.4, 0.5) is 5.69 Å². The van der Waals surface area contributed by atoms with E-state index in [1.54, 1.807) is 42.5 Å². The molecule has 2 fully saturated rings. The molecule has 2 heterocycles. The molecule has 8 heteroatoms. The Kier molecular flexibility index (Phi) is 6.17. The van der Waals surface area contributed by atoms with Crippen LogP contribution in [0.1, 0.15) is 34.5 Å². The molecule has 35 heavy (non-hydrogen) atoms. The van der Waals surface area contributed by atoms with E-state index in [4.69, 9.17) is 4.74 Å². The zero-order valence-corrected chi connectivity index (χ0v) is 20.9. The van der Waals surface area contributed by atoms with E-state index >= 15 is 0 Å². The number of anilines is 1. The zero-order chi connectivity index (χ0) is 24.7. The highest BCUT2D eigenvalue weighted by atomic mass is 79.9. The Balaban J connectivity index is 1.54. The van der Waals surface area contributed by atoms with Gasteiger partial charge in [-0.05, 0) is 61.9 Å². The Labute approximate surface area is 211 Å². The van der Waals surface area contributed by atoms with E-state index in [1.165, 1.54) is 9.91 Å². The lowest BCUT2D eigenvalue weighted by Gasteiger charge is -2.25. The first-order chi connectivity index (χ1) is 16.9. The SMILES string of the molecule is CCOc1ccc(N2C(=O)[C@@H]3[C@@H](c4ccc(C)cc4)NN(C(=O)c4cccc(Br)c4)[C@H]3C2=O)cc1. The molecule has 0 bridgehead atoms. The van der Waals surface area contributed by atoms with Crippen LogP contribution >= 0.6 is 15.9 Å². The lowest BCUT2D eigenvalue weighted by molar-refractivity contribution is -0.123. The minimum atomic E-state index is -0.966. The predicted octanol–water partition coefficient (Wildman–Crippen LogP) is 4.42. The van der Waals surface area contributed by atoms with Crippen LogP contribution in [-0.2, 0) is 9.59 Å². The Hall–Kier alpha value is -3.49. The average molecular weight is 534 g/mol. The molecule has 0 spiro atoms. The molecular formula is C27H24BrN3O4. The van der Waals surface area contributed by atoms with Crippen LogP contribution in [0.25, 0.3) is 0 Å². The molecule has 1 N–H and O–H groups in total. The van der Waals surface area contributed by atoms with Crippen molar-refractivity contribution in [2.75, 3.05) is 11.5 Å². The summed E-state index contributed by atoms with van der Waals surface area (Å²) in [5, 5.41) is 1.33. The molecule has 2 saturated heterocycles. The fourth-order valence-corrected chi connectivity index (χ4v) is 5.10. The van der Waals surface area contributed by atoms with Gasteiger partial charge < -0.3 is 4.74 Å². The second-order valence-corrected chi connectivity index (χ2v) is 9.53. The van der Waals surface area contributed by atoms with E-state index in [1.807, 2.05) is 44.2 Å². The molecule has 0 radical (unpaired) electrons. The van der Waals surface area contributed by atoms with Gasteiger partial charge in [0.2, 0.25) is 5.91 Å². The predicted molar refractivity (Wildman–Crippen MR) is 135 cm³/mol. The normalized spacial score (nSPS) is 21.4. The van der Waals surface area contributed by atoms with Crippen molar-refractivity contribution in [3.05, 3.63) is 94.0 Å². The smallest absolute Gasteiger partial charge is 0.268 e. The highest BCUT2D eigenvalue weighted by Gasteiger charge is 2.60. The van der Waals surface area contributed by atoms with Gasteiger partial charge >= 0.3 is 0 Å². The molecule has 3 amide bonds. The van der Waals surface area contributed by atoms with Gasteiger partial charge in [0.05, 0.1) is 24.3 Å². The standard InChI is InChI=1S/C27H24BrN3O4/c1-3-35-21-13-11-20(12-14-21)30-26(33)22-23(17-9-7-16(2)8-10-17)29-31(24(22)27(30)34)25(32)18-5-4-6-19(28)15-18/h4-15,22-24,29H,3H2,1-2H3/t22-,23-,24-/m1/s1. The molecule has 3 aromatic rings. The number of hydrazine groups is 1. The molecule has 3 atom stereocenters. The minimum Gasteiger partial charge on any atom is -0.494 e. The summed E-state index contributed by atoms with van der Waals surface area (Å²) in [6.45, 7) is 4.38. The number of imide groups is 1. The molecule has 5 rings (SSSR count). The van der Waals surface area contributed by atoms with Crippen LogP contribution in [0.15, 0.2) is 77.3 Å². The van der Waals surface area contributed by atoms with Gasteiger partial charge in [-0.15, -0.1) is 0 Å². The van der Waals surface area contributed by atoms with Crippen LogP contribution in [0.5, 0.6) is 5.75 Å². The molecular weight excluding hydrogens is 510 g/mol. The topological polar surface area (TPSA) is 79.0 Å². The first-order valence-corrected chi connectivity index (χ1v) is 12.2. The fraction of sp³-hybridized carbons (Fsp3) is 0.222. The molecule has 178 valence electrons. The van der Waals surface area contributed by atoms with Crippen molar-refractivity contribution in [1.82, 2.24) is 10.4 Å². The first kappa shape index (κ1) is 23.3. The zero-order valence-electron chi connectivity index (χ0n) is 19.3. The summed E-state index contributed by atoms with van der Waals surface area (Å²) >= 11 is 3.40. The number of hydrogen-bond acceptors (Lipinski definition) is 5. The number of nitrogens with zero attached hydrogens (tertiary/aromatic N) is 2. The summed E-state index contributed by atoms with van der Waals surface area (Å²) < 4.78 is 6.24. The number of rotatable bonds is 5. The van der Waals surface area contributed by atoms with Crippen molar-refractivity contribution in [2.24, 2.45) is 5.92 Å². The number of carbonyl (C=O) groups is 3. The van der Waals surface area contributed by atoms with Crippen molar-refractivity contribution >= 4 is 39.3 Å². The van der Waals surface area contributed by atoms with E-state index < -0.39 is 23.9 Å². The van der Waals surface area contributed by atoms with Gasteiger partial charge in [0.15, 0.2) is 0 Å². The molecule has 2 aliphatic rings. The summed E-state index contributed by atoms with van der Waals surface area (Å²) in [6, 6.07) is 20.1. The minimum absolute atomic E-state index is 0.341. The van der Waals surface area contributed by atoms with E-state index in [0.717, 1.165) is 15.6 Å². The van der Waals surface area contributed by atoms with Crippen molar-refractivity contribution in [1.29, 1.82) is 0 Å². The maximum Gasteiger partial charge on any atom is 0.268 e. The quantitative estimate of drug-likeness (QED) is 0.491. The lowest BCUT2D eigenvalue weighted by atomic mass is 9.90. The van der Waals surface area contributed by atoms with E-state index in [0.29, 0.717) is 23.6 Å². The number of ether oxygens (including phenoxy) is 1. The molecule has 0 aliphatic carbocycles. The maximum atomic E-state index is 13.7. The number of amides is 3. The summed E-state index contributed by atoms with van der Waals surface area (Å²) in [6.07, 6.45) is 0. The van der Waals surface area contributed by atoms with E-state index in [9.17, 15) is 14.4 Å². The first-order valence-electron chi connectivity index (χ1n) is 11.4. The van der Waals surface area contributed by atoms with Crippen LogP contribution in [-0.4, -0.2) is 35.4 Å². The second-order valence-electron chi connectivity index (χ2n) is 8.61. The Morgan fingerprint density at radius 2 is 1.71 bits per heavy atom. The number of fused-ring (bicyclic) bond motifs is 1. The van der Waals surface area contributed by atoms with Gasteiger partial charge in [-0.25, -0.2) is 10.3 Å². The number of nitrogens with one attached hydrogen (secondary N) is 1. The molecule has 0 unspecified atom stereocenters. The van der Waals surface area contributed by atoms with Crippen LogP contribution in [0, 0.1) is 12.8 Å². The highest BCUT2D eigenvalue weighted by molar-refractivity contribution is 9.10. The second kappa shape index (κ2) is 9.28. The van der Waals surface area contributed by atoms with Crippen molar-refractivity contribution in [2.45, 2.75) is 25.9 Å². The molecule has 3 aromatic carbocycles. The third kappa shape index (κ3) is 4.13. The summed E-state index contributed by atoms with van der Waals surface area (Å²) in [4.78, 5) is 42.1. The Morgan fingerprint density at radius 1 is 1.00 bits per heavy atom.